The van der Waals surface area contributed by atoms with Crippen molar-refractivity contribution in [2.24, 2.45) is 0 Å². The van der Waals surface area contributed by atoms with Gasteiger partial charge in [0.15, 0.2) is 0 Å². The van der Waals surface area contributed by atoms with Crippen molar-refractivity contribution in [3.63, 3.8) is 0 Å². The molecule has 2 aromatic carbocycles. The summed E-state index contributed by atoms with van der Waals surface area (Å²) in [6, 6.07) is 16.3. The van der Waals surface area contributed by atoms with E-state index in [2.05, 4.69) is 14.7 Å². The topological polar surface area (TPSA) is 74.8 Å². The van der Waals surface area contributed by atoms with Crippen molar-refractivity contribution < 1.29 is 8.42 Å². The predicted molar refractivity (Wildman–Crippen MR) is 91.4 cm³/mol. The smallest absolute Gasteiger partial charge is 0.236 e. The molecule has 0 fully saturated rings. The number of imidazole rings is 1. The van der Waals surface area contributed by atoms with Crippen molar-refractivity contribution in [2.45, 2.75) is 12.7 Å². The Bertz CT molecular complexity index is 885. The van der Waals surface area contributed by atoms with Crippen LogP contribution >= 0.6 is 0 Å². The molecule has 5 nitrogen and oxygen atoms in total. The Morgan fingerprint density at radius 1 is 1.04 bits per heavy atom. The maximum absolute atomic E-state index is 12.2. The third-order valence-electron chi connectivity index (χ3n) is 3.37. The van der Waals surface area contributed by atoms with Crippen LogP contribution in [0.25, 0.3) is 11.3 Å². The van der Waals surface area contributed by atoms with Crippen LogP contribution in [-0.2, 0) is 15.8 Å². The zero-order valence-corrected chi connectivity index (χ0v) is 13.5. The second kappa shape index (κ2) is 6.26. The first-order valence-electron chi connectivity index (χ1n) is 7.18. The van der Waals surface area contributed by atoms with Crippen LogP contribution in [0.1, 0.15) is 11.4 Å². The van der Waals surface area contributed by atoms with Gasteiger partial charge in [-0.15, -0.1) is 0 Å². The summed E-state index contributed by atoms with van der Waals surface area (Å²) in [5.41, 5.74) is 3.16. The zero-order chi connectivity index (χ0) is 16.3. The van der Waals surface area contributed by atoms with E-state index in [0.29, 0.717) is 5.69 Å². The van der Waals surface area contributed by atoms with Gasteiger partial charge in [0.1, 0.15) is 5.82 Å². The summed E-state index contributed by atoms with van der Waals surface area (Å²) in [4.78, 5) is 7.30. The molecule has 2 N–H and O–H groups in total. The second-order valence-corrected chi connectivity index (χ2v) is 7.03. The van der Waals surface area contributed by atoms with E-state index in [9.17, 15) is 8.42 Å². The van der Waals surface area contributed by atoms with Crippen LogP contribution in [0.3, 0.4) is 0 Å². The van der Waals surface area contributed by atoms with Gasteiger partial charge >= 0.3 is 0 Å². The van der Waals surface area contributed by atoms with Crippen molar-refractivity contribution in [2.75, 3.05) is 4.72 Å². The average Bonchev–Trinajstić information content (AvgIpc) is 2.95. The van der Waals surface area contributed by atoms with Crippen molar-refractivity contribution in [1.29, 1.82) is 0 Å². The van der Waals surface area contributed by atoms with Crippen molar-refractivity contribution in [3.05, 3.63) is 72.2 Å². The Labute approximate surface area is 135 Å². The van der Waals surface area contributed by atoms with E-state index in [1.165, 1.54) is 0 Å². The number of aryl methyl sites for hydroxylation is 1. The first-order valence-corrected chi connectivity index (χ1v) is 8.83. The molecule has 1 aromatic heterocycles. The lowest BCUT2D eigenvalue weighted by atomic mass is 10.1. The third kappa shape index (κ3) is 3.98. The number of hydrogen-bond acceptors (Lipinski definition) is 3. The molecule has 6 heteroatoms. The molecule has 1 heterocycles. The lowest BCUT2D eigenvalue weighted by Crippen LogP contribution is -2.14. The van der Waals surface area contributed by atoms with Gasteiger partial charge in [-0.05, 0) is 30.2 Å². The van der Waals surface area contributed by atoms with Crippen LogP contribution in [0.4, 0.5) is 5.69 Å². The monoisotopic (exact) mass is 327 g/mol. The summed E-state index contributed by atoms with van der Waals surface area (Å²) < 4.78 is 27.0. The average molecular weight is 327 g/mol. The van der Waals surface area contributed by atoms with Crippen LogP contribution in [0.15, 0.2) is 60.8 Å². The van der Waals surface area contributed by atoms with E-state index in [1.54, 1.807) is 30.5 Å². The first kappa shape index (κ1) is 15.3. The van der Waals surface area contributed by atoms with E-state index >= 15 is 0 Å². The third-order valence-corrected chi connectivity index (χ3v) is 4.63. The second-order valence-electron chi connectivity index (χ2n) is 5.31. The molecule has 0 aliphatic carbocycles. The fourth-order valence-electron chi connectivity index (χ4n) is 2.29. The van der Waals surface area contributed by atoms with Crippen molar-refractivity contribution in [1.82, 2.24) is 9.97 Å². The van der Waals surface area contributed by atoms with E-state index < -0.39 is 10.0 Å². The summed E-state index contributed by atoms with van der Waals surface area (Å²) in [5.74, 6) is 0.794. The fraction of sp³-hybridized carbons (Fsp3) is 0.118. The molecule has 0 unspecified atom stereocenters. The zero-order valence-electron chi connectivity index (χ0n) is 12.7. The van der Waals surface area contributed by atoms with Crippen LogP contribution in [-0.4, -0.2) is 18.4 Å². The Morgan fingerprint density at radius 3 is 2.35 bits per heavy atom. The Balaban J connectivity index is 1.72. The number of nitrogens with zero attached hydrogens (tertiary/aromatic N) is 1. The molecule has 0 aliphatic heterocycles. The highest BCUT2D eigenvalue weighted by Crippen LogP contribution is 2.20. The normalized spacial score (nSPS) is 11.3. The maximum Gasteiger partial charge on any atom is 0.236 e. The Morgan fingerprint density at radius 2 is 1.74 bits per heavy atom. The number of nitrogens with one attached hydrogen (secondary N) is 2. The minimum absolute atomic E-state index is 0.0463. The number of aromatic amines is 1. The molecule has 0 saturated carbocycles. The van der Waals surface area contributed by atoms with Crippen LogP contribution in [0, 0.1) is 6.92 Å². The van der Waals surface area contributed by atoms with Gasteiger partial charge in [-0.3, -0.25) is 4.72 Å². The highest BCUT2D eigenvalue weighted by atomic mass is 32.2. The lowest BCUT2D eigenvalue weighted by Gasteiger charge is -2.08. The molecule has 0 radical (unpaired) electrons. The standard InChI is InChI=1S/C17H17N3O2S/c1-13-18-11-17(19-13)15-7-9-16(10-8-15)20-23(21,22)12-14-5-3-2-4-6-14/h2-11,20H,12H2,1H3,(H,18,19). The number of aromatic nitrogens is 2. The predicted octanol–water partition coefficient (Wildman–Crippen LogP) is 3.33. The van der Waals surface area contributed by atoms with Crippen LogP contribution < -0.4 is 4.72 Å². The molecule has 3 rings (SSSR count). The number of H-pyrrole nitrogens is 1. The number of benzene rings is 2. The SMILES string of the molecule is Cc1ncc(-c2ccc(NS(=O)(=O)Cc3ccccc3)cc2)[nH]1. The summed E-state index contributed by atoms with van der Waals surface area (Å²) in [6.45, 7) is 1.88. The number of anilines is 1. The molecule has 0 atom stereocenters. The molecule has 0 bridgehead atoms. The maximum atomic E-state index is 12.2. The van der Waals surface area contributed by atoms with Gasteiger partial charge in [-0.1, -0.05) is 42.5 Å². The molecular formula is C17H17N3O2S. The van der Waals surface area contributed by atoms with Crippen LogP contribution in [0.5, 0.6) is 0 Å². The summed E-state index contributed by atoms with van der Waals surface area (Å²) >= 11 is 0. The number of rotatable bonds is 5. The molecular weight excluding hydrogens is 310 g/mol. The molecule has 0 spiro atoms. The number of hydrogen-bond donors (Lipinski definition) is 2. The van der Waals surface area contributed by atoms with Gasteiger partial charge in [-0.25, -0.2) is 13.4 Å². The van der Waals surface area contributed by atoms with Crippen molar-refractivity contribution in [3.8, 4) is 11.3 Å². The van der Waals surface area contributed by atoms with E-state index in [0.717, 1.165) is 22.6 Å². The van der Waals surface area contributed by atoms with Crippen molar-refractivity contribution >= 4 is 15.7 Å². The largest absolute Gasteiger partial charge is 0.342 e. The highest BCUT2D eigenvalue weighted by molar-refractivity contribution is 7.91. The Kier molecular flexibility index (Phi) is 4.16. The van der Waals surface area contributed by atoms with Gasteiger partial charge < -0.3 is 4.98 Å². The van der Waals surface area contributed by atoms with Gasteiger partial charge in [0.05, 0.1) is 17.6 Å². The molecule has 118 valence electrons. The van der Waals surface area contributed by atoms with Gasteiger partial charge in [0, 0.05) is 5.69 Å². The minimum Gasteiger partial charge on any atom is -0.342 e. The summed E-state index contributed by atoms with van der Waals surface area (Å²) in [5, 5.41) is 0. The highest BCUT2D eigenvalue weighted by Gasteiger charge is 2.11. The first-order chi connectivity index (χ1) is 11.0. The Hall–Kier alpha value is -2.60. The van der Waals surface area contributed by atoms with E-state index in [4.69, 9.17) is 0 Å². The fourth-order valence-corrected chi connectivity index (χ4v) is 3.49. The minimum atomic E-state index is -3.43. The molecule has 23 heavy (non-hydrogen) atoms. The van der Waals surface area contributed by atoms with E-state index in [-0.39, 0.29) is 5.75 Å². The summed E-state index contributed by atoms with van der Waals surface area (Å²) in [7, 11) is -3.43. The molecule has 0 aliphatic rings. The van der Waals surface area contributed by atoms with Gasteiger partial charge in [0.2, 0.25) is 10.0 Å². The molecule has 0 amide bonds. The van der Waals surface area contributed by atoms with Gasteiger partial charge in [0.25, 0.3) is 0 Å². The molecule has 3 aromatic rings. The van der Waals surface area contributed by atoms with E-state index in [1.807, 2.05) is 37.3 Å². The number of sulfonamides is 1. The molecule has 0 saturated heterocycles. The van der Waals surface area contributed by atoms with Gasteiger partial charge in [-0.2, -0.15) is 0 Å². The lowest BCUT2D eigenvalue weighted by molar-refractivity contribution is 0.600. The van der Waals surface area contributed by atoms with Crippen LogP contribution in [0.2, 0.25) is 0 Å². The quantitative estimate of drug-likeness (QED) is 0.755. The summed E-state index contributed by atoms with van der Waals surface area (Å²) in [6.07, 6.45) is 1.75.